The number of carbonyl (C=O) groups excluding carboxylic acids is 3. The number of carboxylic acid groups (broad SMARTS) is 3. The first-order chi connectivity index (χ1) is 17.7. The molecular weight excluding hydrogens is 611 g/mol. The van der Waals surface area contributed by atoms with Crippen LogP contribution < -0.4 is 15.3 Å². The normalized spacial score (nSPS) is 19.9. The van der Waals surface area contributed by atoms with Crippen LogP contribution in [-0.2, 0) is 31.2 Å². The van der Waals surface area contributed by atoms with Crippen molar-refractivity contribution in [2.24, 2.45) is 0 Å². The van der Waals surface area contributed by atoms with E-state index >= 15 is 0 Å². The van der Waals surface area contributed by atoms with Gasteiger partial charge in [-0.25, -0.2) is 0 Å². The molecule has 12 unspecified atom stereocenters. The molecule has 0 heterocycles. The van der Waals surface area contributed by atoms with E-state index in [9.17, 15) is 29.7 Å². The number of rotatable bonds is 15. The van der Waals surface area contributed by atoms with Gasteiger partial charge in [-0.2, -0.15) is 0 Å². The van der Waals surface area contributed by atoms with Crippen molar-refractivity contribution >= 4 is 17.9 Å². The van der Waals surface area contributed by atoms with E-state index in [0.717, 1.165) is 0 Å². The zero-order valence-electron chi connectivity index (χ0n) is 20.0. The minimum atomic E-state index is -2.31. The molecule has 40 heavy (non-hydrogen) atoms. The van der Waals surface area contributed by atoms with Crippen molar-refractivity contribution in [3.05, 3.63) is 0 Å². The smallest absolute Gasteiger partial charge is 0.547 e. The second-order valence-corrected chi connectivity index (χ2v) is 7.48. The topological polar surface area (TPSA) is 424 Å². The first kappa shape index (κ1) is 45.3. The molecule has 240 valence electrons. The molecule has 0 bridgehead atoms. The van der Waals surface area contributed by atoms with E-state index in [-0.39, 0.29) is 16.8 Å². The zero-order valence-corrected chi connectivity index (χ0v) is 21.1. The van der Waals surface area contributed by atoms with Gasteiger partial charge >= 0.3 is 16.8 Å². The standard InChI is InChI=1S/3C6H12O7.Co/c3*7-1-2(8)3(9)4(10)5(11)6(12)13;/h3*2-5,7-11H,1H2,(H,12,13);/q;;;+3/p-3. The van der Waals surface area contributed by atoms with Crippen LogP contribution in [0.4, 0.5) is 0 Å². The molecule has 0 aliphatic rings. The largest absolute Gasteiger partial charge is 3.00 e. The van der Waals surface area contributed by atoms with E-state index < -0.39 is 111 Å². The average molecular weight is 644 g/mol. The number of aliphatic hydroxyl groups excluding tert-OH is 15. The Morgan fingerprint density at radius 3 is 0.650 bits per heavy atom. The Bertz CT molecular complexity index is 608. The van der Waals surface area contributed by atoms with Gasteiger partial charge in [-0.15, -0.1) is 0 Å². The number of aliphatic carboxylic acids is 3. The number of aliphatic hydroxyl groups is 15. The third kappa shape index (κ3) is 16.5. The van der Waals surface area contributed by atoms with Crippen molar-refractivity contribution in [3.8, 4) is 0 Å². The molecule has 0 aliphatic heterocycles. The summed E-state index contributed by atoms with van der Waals surface area (Å²) in [4.78, 5) is 29.9. The molecule has 0 spiro atoms. The van der Waals surface area contributed by atoms with E-state index in [1.165, 1.54) is 0 Å². The van der Waals surface area contributed by atoms with Crippen LogP contribution in [0.25, 0.3) is 0 Å². The van der Waals surface area contributed by atoms with E-state index in [0.29, 0.717) is 0 Å². The fourth-order valence-electron chi connectivity index (χ4n) is 1.99. The maximum absolute atomic E-state index is 9.98. The van der Waals surface area contributed by atoms with Crippen molar-refractivity contribution in [2.45, 2.75) is 73.2 Å². The van der Waals surface area contributed by atoms with Crippen LogP contribution in [0.2, 0.25) is 0 Å². The molecule has 0 radical (unpaired) electrons. The molecular formula is C18H33CoO21. The van der Waals surface area contributed by atoms with Gasteiger partial charge in [-0.1, -0.05) is 0 Å². The monoisotopic (exact) mass is 644 g/mol. The Morgan fingerprint density at radius 2 is 0.550 bits per heavy atom. The molecule has 15 N–H and O–H groups in total. The van der Waals surface area contributed by atoms with E-state index in [1.807, 2.05) is 0 Å². The molecule has 21 nitrogen and oxygen atoms in total. The first-order valence-electron chi connectivity index (χ1n) is 10.4. The van der Waals surface area contributed by atoms with Gasteiger partial charge in [0, 0.05) is 0 Å². The summed E-state index contributed by atoms with van der Waals surface area (Å²) in [6, 6.07) is 0. The van der Waals surface area contributed by atoms with Crippen LogP contribution >= 0.6 is 0 Å². The Balaban J connectivity index is -0.000000240. The van der Waals surface area contributed by atoms with Crippen molar-refractivity contribution < 1.29 is 123 Å². The number of carbonyl (C=O) groups is 3. The molecule has 12 atom stereocenters. The summed E-state index contributed by atoms with van der Waals surface area (Å²) in [7, 11) is 0. The van der Waals surface area contributed by atoms with Crippen LogP contribution in [-0.4, -0.2) is 188 Å². The Hall–Kier alpha value is -1.68. The van der Waals surface area contributed by atoms with Crippen LogP contribution in [0, 0.1) is 0 Å². The summed E-state index contributed by atoms with van der Waals surface area (Å²) in [5.41, 5.74) is 0. The summed E-state index contributed by atoms with van der Waals surface area (Å²) in [5, 5.41) is 160. The van der Waals surface area contributed by atoms with Crippen molar-refractivity contribution in [1.82, 2.24) is 0 Å². The molecule has 0 amide bonds. The van der Waals surface area contributed by atoms with Crippen LogP contribution in [0.5, 0.6) is 0 Å². The summed E-state index contributed by atoms with van der Waals surface area (Å²) >= 11 is 0. The van der Waals surface area contributed by atoms with Crippen molar-refractivity contribution in [1.29, 1.82) is 0 Å². The van der Waals surface area contributed by atoms with Gasteiger partial charge in [-0.3, -0.25) is 0 Å². The third-order valence-electron chi connectivity index (χ3n) is 4.49. The zero-order chi connectivity index (χ0) is 31.8. The number of hydrogen-bond donors (Lipinski definition) is 15. The second kappa shape index (κ2) is 22.9. The molecule has 0 saturated heterocycles. The quantitative estimate of drug-likeness (QED) is 0.0786. The summed E-state index contributed by atoms with van der Waals surface area (Å²) in [6.45, 7) is -2.59. The van der Waals surface area contributed by atoms with Gasteiger partial charge < -0.3 is 106 Å². The third-order valence-corrected chi connectivity index (χ3v) is 4.49. The molecule has 0 aromatic carbocycles. The van der Waals surface area contributed by atoms with Crippen LogP contribution in [0.15, 0.2) is 0 Å². The molecule has 0 fully saturated rings. The second-order valence-electron chi connectivity index (χ2n) is 7.48. The maximum Gasteiger partial charge on any atom is 3.00 e. The van der Waals surface area contributed by atoms with Crippen molar-refractivity contribution in [3.63, 3.8) is 0 Å². The van der Waals surface area contributed by atoms with Crippen molar-refractivity contribution in [2.75, 3.05) is 19.8 Å². The first-order valence-corrected chi connectivity index (χ1v) is 10.4. The van der Waals surface area contributed by atoms with Gasteiger partial charge in [0.25, 0.3) is 0 Å². The summed E-state index contributed by atoms with van der Waals surface area (Å²) in [6.07, 6.45) is -24.2. The fraction of sp³-hybridized carbons (Fsp3) is 0.833. The predicted octanol–water partition coefficient (Wildman–Crippen LogP) is -14.5. The average Bonchev–Trinajstić information content (AvgIpc) is 2.92. The molecule has 0 rings (SSSR count). The molecule has 0 aliphatic carbocycles. The van der Waals surface area contributed by atoms with Crippen LogP contribution in [0.3, 0.4) is 0 Å². The molecule has 0 saturated carbocycles. The molecule has 0 aromatic heterocycles. The minimum absolute atomic E-state index is 0. The summed E-state index contributed by atoms with van der Waals surface area (Å²) < 4.78 is 0. The molecule has 0 aromatic rings. The number of hydrogen-bond acceptors (Lipinski definition) is 21. The van der Waals surface area contributed by atoms with Gasteiger partial charge in [-0.05, 0) is 0 Å². The van der Waals surface area contributed by atoms with Gasteiger partial charge in [0.05, 0.1) is 37.7 Å². The maximum atomic E-state index is 9.98. The van der Waals surface area contributed by atoms with E-state index in [1.54, 1.807) is 0 Å². The predicted molar refractivity (Wildman–Crippen MR) is 108 cm³/mol. The SMILES string of the molecule is O=C([O-])C(O)C(O)C(O)C(O)CO.O=C([O-])C(O)C(O)C(O)C(O)CO.O=C([O-])C(O)C(O)C(O)C(O)CO.[Co+3]. The minimum Gasteiger partial charge on any atom is -0.547 e. The van der Waals surface area contributed by atoms with E-state index in [2.05, 4.69) is 0 Å². The van der Waals surface area contributed by atoms with E-state index in [4.69, 9.17) is 76.6 Å². The Morgan fingerprint density at radius 1 is 0.400 bits per heavy atom. The van der Waals surface area contributed by atoms with Crippen LogP contribution in [0.1, 0.15) is 0 Å². The fourth-order valence-corrected chi connectivity index (χ4v) is 1.99. The molecule has 22 heteroatoms. The summed E-state index contributed by atoms with van der Waals surface area (Å²) in [5.74, 6) is -5.93. The van der Waals surface area contributed by atoms with Gasteiger partial charge in [0.15, 0.2) is 0 Å². The van der Waals surface area contributed by atoms with Gasteiger partial charge in [0.1, 0.15) is 73.2 Å². The number of carboxylic acids is 3. The van der Waals surface area contributed by atoms with Gasteiger partial charge in [0.2, 0.25) is 0 Å². The Labute approximate surface area is 234 Å². The Kier molecular flexibility index (Phi) is 26.0.